The van der Waals surface area contributed by atoms with Crippen molar-refractivity contribution in [2.75, 3.05) is 0 Å². The summed E-state index contributed by atoms with van der Waals surface area (Å²) in [6, 6.07) is 27.0. The van der Waals surface area contributed by atoms with E-state index in [1.165, 1.54) is 32.6 Å². The molecule has 3 aromatic carbocycles. The van der Waals surface area contributed by atoms with E-state index in [1.54, 1.807) is 0 Å². The first kappa shape index (κ1) is 19.9. The lowest BCUT2D eigenvalue weighted by molar-refractivity contribution is -0.00000454. The third-order valence-electron chi connectivity index (χ3n) is 4.07. The molecule has 24 heavy (non-hydrogen) atoms. The quantitative estimate of drug-likeness (QED) is 0.342. The van der Waals surface area contributed by atoms with Gasteiger partial charge in [-0.15, -0.1) is 0 Å². The Bertz CT molecular complexity index is 732. The topological polar surface area (TPSA) is 0 Å². The highest BCUT2D eigenvalue weighted by molar-refractivity contribution is 14.2. The molecule has 0 spiro atoms. The van der Waals surface area contributed by atoms with Crippen molar-refractivity contribution in [2.24, 2.45) is 0 Å². The molecule has 0 saturated carbocycles. The molecule has 0 nitrogen and oxygen atoms in total. The lowest BCUT2D eigenvalue weighted by atomic mass is 10.2. The van der Waals surface area contributed by atoms with E-state index in [0.717, 1.165) is 0 Å². The molecule has 0 fully saturated rings. The summed E-state index contributed by atoms with van der Waals surface area (Å²) in [5.41, 5.74) is 3.97. The normalized spacial score (nSPS) is 11.0. The zero-order valence-electron chi connectivity index (χ0n) is 14.1. The van der Waals surface area contributed by atoms with E-state index in [4.69, 9.17) is 0 Å². The van der Waals surface area contributed by atoms with Gasteiger partial charge in [0.1, 0.15) is 15.9 Å². The first-order chi connectivity index (χ1) is 11.0. The molecule has 3 aromatic rings. The SMILES string of the molecule is Cc1cccc([P+](I)(c2cccc(C)c2)c2cccc(C)c2)c1.[I-]. The van der Waals surface area contributed by atoms with Crippen molar-refractivity contribution < 1.29 is 24.0 Å². The van der Waals surface area contributed by atoms with Gasteiger partial charge in [-0.2, -0.15) is 0 Å². The average Bonchev–Trinajstić information content (AvgIpc) is 2.54. The molecule has 124 valence electrons. The van der Waals surface area contributed by atoms with Crippen LogP contribution >= 0.6 is 26.9 Å². The van der Waals surface area contributed by atoms with Gasteiger partial charge in [-0.3, -0.25) is 0 Å². The van der Waals surface area contributed by atoms with Crippen LogP contribution < -0.4 is 39.9 Å². The molecule has 0 heterocycles. The maximum Gasteiger partial charge on any atom is 0.173 e. The first-order valence-corrected chi connectivity index (χ1v) is 12.4. The number of aryl methyl sites for hydroxylation is 3. The lowest BCUT2D eigenvalue weighted by Gasteiger charge is -2.21. The van der Waals surface area contributed by atoms with Gasteiger partial charge in [-0.25, -0.2) is 0 Å². The first-order valence-electron chi connectivity index (χ1n) is 7.80. The van der Waals surface area contributed by atoms with E-state index in [1.807, 2.05) is 0 Å². The minimum Gasteiger partial charge on any atom is -1.00 e. The lowest BCUT2D eigenvalue weighted by Crippen LogP contribution is -3.00. The number of benzene rings is 3. The number of hydrogen-bond acceptors (Lipinski definition) is 0. The Kier molecular flexibility index (Phi) is 6.86. The molecule has 3 rings (SSSR count). The molecule has 0 aliphatic rings. The van der Waals surface area contributed by atoms with Crippen molar-refractivity contribution in [3.8, 4) is 0 Å². The molecule has 0 N–H and O–H groups in total. The molecule has 0 unspecified atom stereocenters. The van der Waals surface area contributed by atoms with Gasteiger partial charge >= 0.3 is 0 Å². The Balaban J connectivity index is 0.00000208. The molecule has 0 saturated heterocycles. The largest absolute Gasteiger partial charge is 1.00 e. The monoisotopic (exact) mass is 558 g/mol. The molecule has 0 aliphatic carbocycles. The minimum atomic E-state index is -1.64. The Hall–Kier alpha value is -0.450. The van der Waals surface area contributed by atoms with Crippen LogP contribution in [0, 0.1) is 20.8 Å². The minimum absolute atomic E-state index is 0. The zero-order valence-corrected chi connectivity index (χ0v) is 19.3. The Morgan fingerprint density at radius 1 is 0.583 bits per heavy atom. The molecule has 0 aliphatic heterocycles. The van der Waals surface area contributed by atoms with Crippen molar-refractivity contribution in [1.82, 2.24) is 0 Å². The molecule has 0 radical (unpaired) electrons. The van der Waals surface area contributed by atoms with Gasteiger partial charge in [0.25, 0.3) is 0 Å². The second-order valence-electron chi connectivity index (χ2n) is 6.11. The van der Waals surface area contributed by atoms with Gasteiger partial charge in [0, 0.05) is 0 Å². The van der Waals surface area contributed by atoms with Crippen LogP contribution in [0.15, 0.2) is 72.8 Å². The third-order valence-corrected chi connectivity index (χ3v) is 12.1. The number of halogens is 2. The molecular weight excluding hydrogens is 537 g/mol. The van der Waals surface area contributed by atoms with Crippen molar-refractivity contribution in [2.45, 2.75) is 20.8 Å². The predicted molar refractivity (Wildman–Crippen MR) is 113 cm³/mol. The van der Waals surface area contributed by atoms with Crippen molar-refractivity contribution in [3.05, 3.63) is 89.5 Å². The molecule has 3 heteroatoms. The Morgan fingerprint density at radius 2 is 0.875 bits per heavy atom. The fourth-order valence-electron chi connectivity index (χ4n) is 2.91. The molecule has 0 bridgehead atoms. The van der Waals surface area contributed by atoms with Crippen LogP contribution in [0.25, 0.3) is 0 Å². The maximum absolute atomic E-state index is 2.73. The second-order valence-corrected chi connectivity index (χ2v) is 13.2. The van der Waals surface area contributed by atoms with Gasteiger partial charge in [0.05, 0.1) is 0 Å². The smallest absolute Gasteiger partial charge is 0.173 e. The van der Waals surface area contributed by atoms with Gasteiger partial charge in [-0.1, -0.05) is 36.4 Å². The van der Waals surface area contributed by atoms with E-state index in [2.05, 4.69) is 116 Å². The molecular formula is C21H21I2P. The fourth-order valence-corrected chi connectivity index (χ4v) is 8.52. The standard InChI is InChI=1S/C21H21IP.HI/c1-16-7-4-10-19(13-16)23(22,20-11-5-8-17(2)14-20)21-12-6-9-18(3)15-21;/h4-15H,1-3H3;1H/q+1;/p-1. The second kappa shape index (κ2) is 8.29. The highest BCUT2D eigenvalue weighted by Crippen LogP contribution is 2.63. The van der Waals surface area contributed by atoms with Gasteiger partial charge < -0.3 is 24.0 Å². The van der Waals surface area contributed by atoms with E-state index >= 15 is 0 Å². The van der Waals surface area contributed by atoms with Crippen molar-refractivity contribution in [3.63, 3.8) is 0 Å². The van der Waals surface area contributed by atoms with Crippen LogP contribution in [-0.2, 0) is 0 Å². The Labute approximate surface area is 175 Å². The fraction of sp³-hybridized carbons (Fsp3) is 0.143. The van der Waals surface area contributed by atoms with Crippen LogP contribution in [0.5, 0.6) is 0 Å². The van der Waals surface area contributed by atoms with Crippen molar-refractivity contribution in [1.29, 1.82) is 0 Å². The summed E-state index contributed by atoms with van der Waals surface area (Å²) in [7, 11) is 0. The summed E-state index contributed by atoms with van der Waals surface area (Å²) >= 11 is 2.73. The van der Waals surface area contributed by atoms with Gasteiger partial charge in [0.15, 0.2) is 26.9 Å². The summed E-state index contributed by atoms with van der Waals surface area (Å²) in [5, 5.41) is 4.32. The maximum atomic E-state index is 2.73. The Morgan fingerprint density at radius 3 is 1.12 bits per heavy atom. The van der Waals surface area contributed by atoms with Gasteiger partial charge in [-0.05, 0) is 73.9 Å². The van der Waals surface area contributed by atoms with E-state index < -0.39 is 4.90 Å². The molecule has 0 aromatic heterocycles. The van der Waals surface area contributed by atoms with Crippen LogP contribution in [0.2, 0.25) is 0 Å². The van der Waals surface area contributed by atoms with Crippen LogP contribution in [0.4, 0.5) is 0 Å². The number of rotatable bonds is 3. The van der Waals surface area contributed by atoms with Crippen molar-refractivity contribution >= 4 is 42.9 Å². The van der Waals surface area contributed by atoms with E-state index in [9.17, 15) is 0 Å². The predicted octanol–water partition coefficient (Wildman–Crippen LogP) is 2.26. The summed E-state index contributed by atoms with van der Waals surface area (Å²) in [5.74, 6) is 0. The van der Waals surface area contributed by atoms with Gasteiger partial charge in [0.2, 0.25) is 0 Å². The highest BCUT2D eigenvalue weighted by atomic mass is 127. The third kappa shape index (κ3) is 4.03. The van der Waals surface area contributed by atoms with Crippen LogP contribution in [-0.4, -0.2) is 0 Å². The summed E-state index contributed by atoms with van der Waals surface area (Å²) < 4.78 is 0. The van der Waals surface area contributed by atoms with E-state index in [-0.39, 0.29) is 24.0 Å². The van der Waals surface area contributed by atoms with E-state index in [0.29, 0.717) is 0 Å². The van der Waals surface area contributed by atoms with Crippen LogP contribution in [0.3, 0.4) is 0 Å². The average molecular weight is 558 g/mol. The zero-order chi connectivity index (χ0) is 16.4. The number of hydrogen-bond donors (Lipinski definition) is 0. The summed E-state index contributed by atoms with van der Waals surface area (Å²) in [6.45, 7) is 6.53. The molecule has 0 amide bonds. The summed E-state index contributed by atoms with van der Waals surface area (Å²) in [4.78, 5) is -1.64. The molecule has 0 atom stereocenters. The van der Waals surface area contributed by atoms with Crippen LogP contribution in [0.1, 0.15) is 16.7 Å². The highest BCUT2D eigenvalue weighted by Gasteiger charge is 2.43. The summed E-state index contributed by atoms with van der Waals surface area (Å²) in [6.07, 6.45) is 0.